The van der Waals surface area contributed by atoms with Crippen molar-refractivity contribution in [3.63, 3.8) is 0 Å². The van der Waals surface area contributed by atoms with Gasteiger partial charge in [0.05, 0.1) is 5.69 Å². The van der Waals surface area contributed by atoms with Crippen LogP contribution in [0.15, 0.2) is 12.3 Å². The van der Waals surface area contributed by atoms with Crippen LogP contribution < -0.4 is 0 Å². The van der Waals surface area contributed by atoms with E-state index < -0.39 is 0 Å². The molecule has 16 heavy (non-hydrogen) atoms. The molecular weight excluding hydrogens is 196 g/mol. The standard InChI is InChI=1S/C12H20N2.C2H6/c1-11(2,3)9-7-8-13-14-10(9)12(4,5)6;1-2/h7-8H,1-6H3;1-2H3. The van der Waals surface area contributed by atoms with Crippen LogP contribution in [0.2, 0.25) is 0 Å². The first-order valence-corrected chi connectivity index (χ1v) is 6.05. The molecule has 1 aromatic heterocycles. The van der Waals surface area contributed by atoms with Crippen molar-refractivity contribution in [3.8, 4) is 0 Å². The number of hydrogen-bond acceptors (Lipinski definition) is 2. The molecule has 0 atom stereocenters. The molecule has 0 unspecified atom stereocenters. The molecule has 0 aliphatic heterocycles. The minimum atomic E-state index is 0.0663. The van der Waals surface area contributed by atoms with E-state index in [4.69, 9.17) is 0 Å². The monoisotopic (exact) mass is 222 g/mol. The molecule has 2 heteroatoms. The Labute approximate surface area is 100 Å². The van der Waals surface area contributed by atoms with Crippen molar-refractivity contribution in [2.24, 2.45) is 0 Å². The highest BCUT2D eigenvalue weighted by atomic mass is 15.1. The highest BCUT2D eigenvalue weighted by Crippen LogP contribution is 2.31. The maximum atomic E-state index is 4.27. The maximum absolute atomic E-state index is 4.27. The third kappa shape index (κ3) is 3.92. The fraction of sp³-hybridized carbons (Fsp3) is 0.714. The summed E-state index contributed by atoms with van der Waals surface area (Å²) >= 11 is 0. The Bertz CT molecular complexity index is 283. The largest absolute Gasteiger partial charge is 0.159 e. The van der Waals surface area contributed by atoms with E-state index in [-0.39, 0.29) is 10.8 Å². The zero-order valence-electron chi connectivity index (χ0n) is 12.0. The molecular formula is C14H26N2. The van der Waals surface area contributed by atoms with Crippen LogP contribution in [0, 0.1) is 0 Å². The summed E-state index contributed by atoms with van der Waals surface area (Å²) in [7, 11) is 0. The van der Waals surface area contributed by atoms with E-state index in [9.17, 15) is 0 Å². The Morgan fingerprint density at radius 1 is 0.875 bits per heavy atom. The van der Waals surface area contributed by atoms with Gasteiger partial charge in [0.25, 0.3) is 0 Å². The van der Waals surface area contributed by atoms with Crippen LogP contribution in [0.4, 0.5) is 0 Å². The molecule has 0 aliphatic carbocycles. The van der Waals surface area contributed by atoms with Crippen molar-refractivity contribution in [2.45, 2.75) is 66.2 Å². The van der Waals surface area contributed by atoms with Gasteiger partial charge in [0.1, 0.15) is 0 Å². The Morgan fingerprint density at radius 3 is 1.69 bits per heavy atom. The van der Waals surface area contributed by atoms with Crippen molar-refractivity contribution in [1.29, 1.82) is 0 Å². The Balaban J connectivity index is 0.00000106. The zero-order chi connectivity index (χ0) is 13.0. The van der Waals surface area contributed by atoms with Gasteiger partial charge in [-0.1, -0.05) is 55.4 Å². The molecule has 0 saturated heterocycles. The molecule has 92 valence electrons. The molecule has 0 aliphatic rings. The third-order valence-electron chi connectivity index (χ3n) is 2.24. The highest BCUT2D eigenvalue weighted by Gasteiger charge is 2.26. The van der Waals surface area contributed by atoms with Crippen LogP contribution in [-0.4, -0.2) is 10.2 Å². The molecule has 0 radical (unpaired) electrons. The summed E-state index contributed by atoms with van der Waals surface area (Å²) in [5.41, 5.74) is 2.60. The van der Waals surface area contributed by atoms with Gasteiger partial charge in [-0.05, 0) is 17.0 Å². The van der Waals surface area contributed by atoms with E-state index in [1.807, 2.05) is 13.8 Å². The molecule has 0 saturated carbocycles. The SMILES string of the molecule is CC.CC(C)(C)c1ccnnc1C(C)(C)C. The van der Waals surface area contributed by atoms with Gasteiger partial charge >= 0.3 is 0 Å². The number of rotatable bonds is 0. The minimum Gasteiger partial charge on any atom is -0.159 e. The van der Waals surface area contributed by atoms with Gasteiger partial charge in [-0.25, -0.2) is 0 Å². The van der Waals surface area contributed by atoms with Crippen molar-refractivity contribution in [3.05, 3.63) is 23.5 Å². The third-order valence-corrected chi connectivity index (χ3v) is 2.24. The lowest BCUT2D eigenvalue weighted by Crippen LogP contribution is -2.23. The van der Waals surface area contributed by atoms with Crippen LogP contribution in [0.25, 0.3) is 0 Å². The van der Waals surface area contributed by atoms with E-state index in [0.717, 1.165) is 5.69 Å². The summed E-state index contributed by atoms with van der Waals surface area (Å²) < 4.78 is 0. The quantitative estimate of drug-likeness (QED) is 0.660. The van der Waals surface area contributed by atoms with Crippen molar-refractivity contribution >= 4 is 0 Å². The molecule has 1 heterocycles. The second-order valence-corrected chi connectivity index (χ2v) is 5.79. The van der Waals surface area contributed by atoms with Crippen LogP contribution >= 0.6 is 0 Å². The van der Waals surface area contributed by atoms with Gasteiger partial charge in [0.15, 0.2) is 0 Å². The Morgan fingerprint density at radius 2 is 1.38 bits per heavy atom. The number of hydrogen-bond donors (Lipinski definition) is 0. The summed E-state index contributed by atoms with van der Waals surface area (Å²) in [6.45, 7) is 17.1. The van der Waals surface area contributed by atoms with Gasteiger partial charge in [0, 0.05) is 11.6 Å². The summed E-state index contributed by atoms with van der Waals surface area (Å²) in [6, 6.07) is 2.08. The molecule has 2 nitrogen and oxygen atoms in total. The van der Waals surface area contributed by atoms with E-state index >= 15 is 0 Å². The van der Waals surface area contributed by atoms with E-state index in [2.05, 4.69) is 57.8 Å². The van der Waals surface area contributed by atoms with Crippen molar-refractivity contribution < 1.29 is 0 Å². The summed E-state index contributed by atoms with van der Waals surface area (Å²) in [6.07, 6.45) is 1.77. The van der Waals surface area contributed by atoms with Gasteiger partial charge in [-0.2, -0.15) is 10.2 Å². The minimum absolute atomic E-state index is 0.0663. The first kappa shape index (κ1) is 15.1. The average molecular weight is 222 g/mol. The number of aromatic nitrogens is 2. The average Bonchev–Trinajstić information content (AvgIpc) is 2.18. The fourth-order valence-electron chi connectivity index (χ4n) is 1.49. The highest BCUT2D eigenvalue weighted by molar-refractivity contribution is 5.30. The lowest BCUT2D eigenvalue weighted by molar-refractivity contribution is 0.505. The second kappa shape index (κ2) is 5.42. The summed E-state index contributed by atoms with van der Waals surface area (Å²) in [5.74, 6) is 0. The summed E-state index contributed by atoms with van der Waals surface area (Å²) in [4.78, 5) is 0. The van der Waals surface area contributed by atoms with Crippen LogP contribution in [0.3, 0.4) is 0 Å². The molecule has 0 bridgehead atoms. The second-order valence-electron chi connectivity index (χ2n) is 5.79. The Kier molecular flexibility index (Phi) is 5.11. The van der Waals surface area contributed by atoms with Crippen LogP contribution in [0.1, 0.15) is 66.6 Å². The maximum Gasteiger partial charge on any atom is 0.0721 e. The van der Waals surface area contributed by atoms with Crippen molar-refractivity contribution in [2.75, 3.05) is 0 Å². The molecule has 0 fully saturated rings. The number of nitrogens with zero attached hydrogens (tertiary/aromatic N) is 2. The van der Waals surface area contributed by atoms with E-state index in [1.165, 1.54) is 5.56 Å². The predicted octanol–water partition coefficient (Wildman–Crippen LogP) is 4.10. The lowest BCUT2D eigenvalue weighted by Gasteiger charge is -2.27. The van der Waals surface area contributed by atoms with Gasteiger partial charge in [-0.15, -0.1) is 0 Å². The predicted molar refractivity (Wildman–Crippen MR) is 70.8 cm³/mol. The van der Waals surface area contributed by atoms with Crippen molar-refractivity contribution in [1.82, 2.24) is 10.2 Å². The topological polar surface area (TPSA) is 25.8 Å². The fourth-order valence-corrected chi connectivity index (χ4v) is 1.49. The van der Waals surface area contributed by atoms with Gasteiger partial charge in [0.2, 0.25) is 0 Å². The normalized spacial score (nSPS) is 11.8. The molecule has 1 rings (SSSR count). The van der Waals surface area contributed by atoms with Gasteiger partial charge < -0.3 is 0 Å². The van der Waals surface area contributed by atoms with E-state index in [1.54, 1.807) is 6.20 Å². The molecule has 0 aromatic carbocycles. The molecule has 1 aromatic rings. The first-order chi connectivity index (χ1) is 7.23. The Hall–Kier alpha value is -0.920. The van der Waals surface area contributed by atoms with Crippen LogP contribution in [-0.2, 0) is 10.8 Å². The lowest BCUT2D eigenvalue weighted by atomic mass is 9.79. The summed E-state index contributed by atoms with van der Waals surface area (Å²) in [5, 5.41) is 8.24. The van der Waals surface area contributed by atoms with Gasteiger partial charge in [-0.3, -0.25) is 0 Å². The molecule has 0 amide bonds. The zero-order valence-corrected chi connectivity index (χ0v) is 12.0. The smallest absolute Gasteiger partial charge is 0.0721 e. The molecule has 0 N–H and O–H groups in total. The molecule has 0 spiro atoms. The van der Waals surface area contributed by atoms with Crippen LogP contribution in [0.5, 0.6) is 0 Å². The van der Waals surface area contributed by atoms with E-state index in [0.29, 0.717) is 0 Å². The first-order valence-electron chi connectivity index (χ1n) is 6.05.